The van der Waals surface area contributed by atoms with Crippen molar-refractivity contribution in [3.8, 4) is 0 Å². The van der Waals surface area contributed by atoms with E-state index in [1.54, 1.807) is 18.2 Å². The Labute approximate surface area is 151 Å². The van der Waals surface area contributed by atoms with Crippen LogP contribution in [0.4, 0.5) is 5.69 Å². The van der Waals surface area contributed by atoms with Gasteiger partial charge in [0.05, 0.1) is 17.0 Å². The maximum Gasteiger partial charge on any atom is 0.338 e. The minimum absolute atomic E-state index is 0.0914. The van der Waals surface area contributed by atoms with Crippen LogP contribution in [0.15, 0.2) is 23.1 Å². The summed E-state index contributed by atoms with van der Waals surface area (Å²) in [6, 6.07) is 5.38. The maximum absolute atomic E-state index is 12.4. The molecule has 0 bridgehead atoms. The van der Waals surface area contributed by atoms with Crippen molar-refractivity contribution >= 4 is 35.2 Å². The van der Waals surface area contributed by atoms with Crippen molar-refractivity contribution in [1.29, 1.82) is 0 Å². The maximum atomic E-state index is 12.4. The predicted molar refractivity (Wildman–Crippen MR) is 95.7 cm³/mol. The molecule has 2 aliphatic heterocycles. The summed E-state index contributed by atoms with van der Waals surface area (Å²) < 4.78 is 5.21. The van der Waals surface area contributed by atoms with Crippen molar-refractivity contribution in [2.45, 2.75) is 50.1 Å². The third-order valence-corrected chi connectivity index (χ3v) is 5.73. The monoisotopic (exact) mass is 362 g/mol. The van der Waals surface area contributed by atoms with Crippen LogP contribution in [0.5, 0.6) is 0 Å². The smallest absolute Gasteiger partial charge is 0.338 e. The van der Waals surface area contributed by atoms with E-state index in [0.717, 1.165) is 24.2 Å². The van der Waals surface area contributed by atoms with E-state index < -0.39 is 5.97 Å². The number of carbonyl (C=O) groups is 3. The summed E-state index contributed by atoms with van der Waals surface area (Å²) in [5, 5.41) is 2.74. The van der Waals surface area contributed by atoms with Gasteiger partial charge < -0.3 is 15.0 Å². The first-order valence-electron chi connectivity index (χ1n) is 8.50. The van der Waals surface area contributed by atoms with Gasteiger partial charge in [-0.25, -0.2) is 4.79 Å². The van der Waals surface area contributed by atoms with Crippen molar-refractivity contribution in [2.24, 2.45) is 0 Å². The summed E-state index contributed by atoms with van der Waals surface area (Å²) in [6.45, 7) is 3.80. The van der Waals surface area contributed by atoms with Crippen LogP contribution < -0.4 is 5.32 Å². The fourth-order valence-corrected chi connectivity index (χ4v) is 4.20. The van der Waals surface area contributed by atoms with E-state index in [9.17, 15) is 14.4 Å². The number of rotatable bonds is 3. The lowest BCUT2D eigenvalue weighted by Crippen LogP contribution is -2.49. The van der Waals surface area contributed by atoms with Gasteiger partial charge in [0, 0.05) is 17.0 Å². The lowest BCUT2D eigenvalue weighted by molar-refractivity contribution is -0.140. The number of thioether (sulfide) groups is 1. The Kier molecular flexibility index (Phi) is 5.32. The van der Waals surface area contributed by atoms with Gasteiger partial charge in [0.2, 0.25) is 5.91 Å². The minimum atomic E-state index is -0.557. The van der Waals surface area contributed by atoms with E-state index in [4.69, 9.17) is 4.74 Å². The third-order valence-electron chi connectivity index (χ3n) is 4.66. The van der Waals surface area contributed by atoms with Gasteiger partial charge in [-0.15, -0.1) is 11.8 Å². The lowest BCUT2D eigenvalue weighted by Gasteiger charge is -2.38. The number of esters is 1. The molecule has 2 atom stereocenters. The van der Waals surface area contributed by atoms with Gasteiger partial charge in [-0.3, -0.25) is 9.59 Å². The zero-order valence-electron chi connectivity index (χ0n) is 14.4. The molecule has 1 aromatic rings. The number of hydrogen-bond acceptors (Lipinski definition) is 5. The van der Waals surface area contributed by atoms with Crippen molar-refractivity contribution < 1.29 is 19.1 Å². The Morgan fingerprint density at radius 3 is 2.72 bits per heavy atom. The highest BCUT2D eigenvalue weighted by molar-refractivity contribution is 8.00. The van der Waals surface area contributed by atoms with Crippen molar-refractivity contribution in [3.63, 3.8) is 0 Å². The molecular weight excluding hydrogens is 340 g/mol. The number of benzene rings is 1. The molecule has 2 amide bonds. The van der Waals surface area contributed by atoms with Gasteiger partial charge in [0.25, 0.3) is 5.91 Å². The fraction of sp³-hybridized carbons (Fsp3) is 0.500. The Bertz CT molecular complexity index is 696. The standard InChI is InChI=1S/C18H22N2O4S/c1-11-4-3-5-12(2)20(11)17(22)9-24-18(23)13-6-7-15-14(8-13)19-16(21)10-25-15/h6-8,11-12H,3-5,9-10H2,1-2H3,(H,19,21)/t11-,12+. The molecule has 0 aliphatic carbocycles. The molecular formula is C18H22N2O4S. The number of nitrogens with one attached hydrogen (secondary N) is 1. The Hall–Kier alpha value is -2.02. The molecule has 2 aliphatic rings. The first kappa shape index (κ1) is 17.8. The van der Waals surface area contributed by atoms with E-state index in [1.807, 2.05) is 18.7 Å². The summed E-state index contributed by atoms with van der Waals surface area (Å²) >= 11 is 1.43. The Morgan fingerprint density at radius 1 is 1.28 bits per heavy atom. The number of anilines is 1. The number of fused-ring (bicyclic) bond motifs is 1. The summed E-state index contributed by atoms with van der Waals surface area (Å²) in [6.07, 6.45) is 3.07. The molecule has 0 saturated carbocycles. The second kappa shape index (κ2) is 7.47. The van der Waals surface area contributed by atoms with Crippen LogP contribution in [-0.4, -0.2) is 47.1 Å². The van der Waals surface area contributed by atoms with Crippen LogP contribution in [0.3, 0.4) is 0 Å². The molecule has 0 radical (unpaired) electrons. The minimum Gasteiger partial charge on any atom is -0.452 e. The van der Waals surface area contributed by atoms with Crippen molar-refractivity contribution in [2.75, 3.05) is 17.7 Å². The quantitative estimate of drug-likeness (QED) is 0.837. The second-order valence-electron chi connectivity index (χ2n) is 6.55. The molecule has 1 aromatic carbocycles. The SMILES string of the molecule is C[C@@H]1CCC[C@H](C)N1C(=O)COC(=O)c1ccc2c(c1)NC(=O)CS2. The molecule has 2 heterocycles. The third kappa shape index (κ3) is 3.98. The second-order valence-corrected chi connectivity index (χ2v) is 7.57. The molecule has 134 valence electrons. The van der Waals surface area contributed by atoms with Crippen LogP contribution in [0.1, 0.15) is 43.5 Å². The first-order valence-corrected chi connectivity index (χ1v) is 9.49. The van der Waals surface area contributed by atoms with E-state index in [2.05, 4.69) is 5.32 Å². The number of nitrogens with zero attached hydrogens (tertiary/aromatic N) is 1. The van der Waals surface area contributed by atoms with Gasteiger partial charge in [0.15, 0.2) is 6.61 Å². The lowest BCUT2D eigenvalue weighted by atomic mass is 9.97. The molecule has 0 aromatic heterocycles. The number of hydrogen-bond donors (Lipinski definition) is 1. The van der Waals surface area contributed by atoms with Gasteiger partial charge in [-0.05, 0) is 51.3 Å². The molecule has 1 fully saturated rings. The van der Waals surface area contributed by atoms with Crippen LogP contribution in [0.25, 0.3) is 0 Å². The van der Waals surface area contributed by atoms with E-state index >= 15 is 0 Å². The summed E-state index contributed by atoms with van der Waals surface area (Å²) in [4.78, 5) is 38.9. The molecule has 0 unspecified atom stereocenters. The number of likely N-dealkylation sites (tertiary alicyclic amines) is 1. The van der Waals surface area contributed by atoms with Gasteiger partial charge >= 0.3 is 5.97 Å². The molecule has 1 saturated heterocycles. The van der Waals surface area contributed by atoms with Gasteiger partial charge in [0.1, 0.15) is 0 Å². The fourth-order valence-electron chi connectivity index (χ4n) is 3.41. The van der Waals surface area contributed by atoms with Crippen molar-refractivity contribution in [3.05, 3.63) is 23.8 Å². The predicted octanol–water partition coefficient (Wildman–Crippen LogP) is 2.68. The highest BCUT2D eigenvalue weighted by Crippen LogP contribution is 2.32. The zero-order chi connectivity index (χ0) is 18.0. The zero-order valence-corrected chi connectivity index (χ0v) is 15.2. The number of ether oxygens (including phenoxy) is 1. The van der Waals surface area contributed by atoms with E-state index in [1.165, 1.54) is 11.8 Å². The Morgan fingerprint density at radius 2 is 2.00 bits per heavy atom. The highest BCUT2D eigenvalue weighted by atomic mass is 32.2. The number of piperidine rings is 1. The summed E-state index contributed by atoms with van der Waals surface area (Å²) in [7, 11) is 0. The molecule has 6 nitrogen and oxygen atoms in total. The number of carbonyl (C=O) groups excluding carboxylic acids is 3. The van der Waals surface area contributed by atoms with Crippen molar-refractivity contribution in [1.82, 2.24) is 4.90 Å². The molecule has 3 rings (SSSR count). The van der Waals surface area contributed by atoms with E-state index in [0.29, 0.717) is 17.0 Å². The average Bonchev–Trinajstić information content (AvgIpc) is 2.58. The van der Waals surface area contributed by atoms with E-state index in [-0.39, 0.29) is 30.5 Å². The molecule has 0 spiro atoms. The van der Waals surface area contributed by atoms with Gasteiger partial charge in [-0.1, -0.05) is 0 Å². The summed E-state index contributed by atoms with van der Waals surface area (Å²) in [5.41, 5.74) is 0.939. The average molecular weight is 362 g/mol. The summed E-state index contributed by atoms with van der Waals surface area (Å²) in [5.74, 6) is -0.434. The molecule has 7 heteroatoms. The first-order chi connectivity index (χ1) is 12.0. The number of amides is 2. The Balaban J connectivity index is 1.62. The normalized spacial score (nSPS) is 22.8. The topological polar surface area (TPSA) is 75.7 Å². The molecule has 25 heavy (non-hydrogen) atoms. The van der Waals surface area contributed by atoms with Crippen LogP contribution in [0.2, 0.25) is 0 Å². The molecule has 1 N–H and O–H groups in total. The highest BCUT2D eigenvalue weighted by Gasteiger charge is 2.29. The largest absolute Gasteiger partial charge is 0.452 e. The van der Waals surface area contributed by atoms with Crippen LogP contribution in [0, 0.1) is 0 Å². The van der Waals surface area contributed by atoms with Crippen LogP contribution in [-0.2, 0) is 14.3 Å². The van der Waals surface area contributed by atoms with Crippen LogP contribution >= 0.6 is 11.8 Å². The van der Waals surface area contributed by atoms with Gasteiger partial charge in [-0.2, -0.15) is 0 Å².